The average molecular weight is 180 g/mol. The third kappa shape index (κ3) is 1.42. The van der Waals surface area contributed by atoms with Gasteiger partial charge in [-0.05, 0) is 11.6 Å². The highest BCUT2D eigenvalue weighted by Crippen LogP contribution is 2.25. The van der Waals surface area contributed by atoms with Gasteiger partial charge in [0, 0.05) is 18.1 Å². The lowest BCUT2D eigenvalue weighted by molar-refractivity contribution is 0.900. The van der Waals surface area contributed by atoms with E-state index in [4.69, 9.17) is 5.84 Å². The van der Waals surface area contributed by atoms with Crippen molar-refractivity contribution < 1.29 is 0 Å². The highest BCUT2D eigenvalue weighted by atomic mass is 32.2. The molecule has 0 unspecified atom stereocenters. The minimum absolute atomic E-state index is 0.946. The first-order valence-corrected chi connectivity index (χ1v) is 5.21. The van der Waals surface area contributed by atoms with Crippen molar-refractivity contribution in [2.45, 2.75) is 5.75 Å². The Labute approximate surface area is 76.7 Å². The Bertz CT molecular complexity index is 275. The van der Waals surface area contributed by atoms with Gasteiger partial charge < -0.3 is 5.01 Å². The van der Waals surface area contributed by atoms with Crippen molar-refractivity contribution in [3.63, 3.8) is 0 Å². The van der Waals surface area contributed by atoms with Gasteiger partial charge in [0.1, 0.15) is 0 Å². The molecule has 0 atom stereocenters. The van der Waals surface area contributed by atoms with E-state index in [-0.39, 0.29) is 0 Å². The monoisotopic (exact) mass is 180 g/mol. The van der Waals surface area contributed by atoms with Crippen molar-refractivity contribution in [1.82, 2.24) is 0 Å². The summed E-state index contributed by atoms with van der Waals surface area (Å²) in [6.07, 6.45) is 0. The molecule has 0 spiro atoms. The minimum Gasteiger partial charge on any atom is -0.310 e. The van der Waals surface area contributed by atoms with E-state index >= 15 is 0 Å². The zero-order valence-electron chi connectivity index (χ0n) is 6.86. The summed E-state index contributed by atoms with van der Waals surface area (Å²) in [5.41, 5.74) is 2.53. The summed E-state index contributed by atoms with van der Waals surface area (Å²) in [5.74, 6) is 8.07. The van der Waals surface area contributed by atoms with Crippen LogP contribution >= 0.6 is 11.8 Å². The van der Waals surface area contributed by atoms with E-state index in [9.17, 15) is 0 Å². The summed E-state index contributed by atoms with van der Waals surface area (Å²) in [7, 11) is 0. The van der Waals surface area contributed by atoms with Gasteiger partial charge in [0.2, 0.25) is 0 Å². The maximum atomic E-state index is 5.87. The van der Waals surface area contributed by atoms with Crippen molar-refractivity contribution in [1.29, 1.82) is 0 Å². The molecule has 3 heteroatoms. The number of anilines is 1. The Hall–Kier alpha value is -0.670. The quantitative estimate of drug-likeness (QED) is 0.615. The molecule has 0 radical (unpaired) electrons. The SMILES string of the molecule is NN1CCSCc2ccccc21. The largest absolute Gasteiger partial charge is 0.310 e. The van der Waals surface area contributed by atoms with E-state index in [0.29, 0.717) is 0 Å². The van der Waals surface area contributed by atoms with Crippen LogP contribution in [0.1, 0.15) is 5.56 Å². The molecule has 12 heavy (non-hydrogen) atoms. The van der Waals surface area contributed by atoms with Gasteiger partial charge in [-0.25, -0.2) is 5.84 Å². The first-order chi connectivity index (χ1) is 5.88. The van der Waals surface area contributed by atoms with Crippen LogP contribution < -0.4 is 10.9 Å². The van der Waals surface area contributed by atoms with Gasteiger partial charge in [0.25, 0.3) is 0 Å². The molecule has 1 aliphatic rings. The fourth-order valence-electron chi connectivity index (χ4n) is 1.38. The van der Waals surface area contributed by atoms with E-state index in [0.717, 1.165) is 18.1 Å². The zero-order valence-corrected chi connectivity index (χ0v) is 7.68. The molecule has 0 aliphatic carbocycles. The Morgan fingerprint density at radius 1 is 1.33 bits per heavy atom. The van der Waals surface area contributed by atoms with Crippen LogP contribution in [0.2, 0.25) is 0 Å². The van der Waals surface area contributed by atoms with E-state index in [1.807, 2.05) is 22.8 Å². The van der Waals surface area contributed by atoms with Gasteiger partial charge in [0.15, 0.2) is 0 Å². The molecule has 64 valence electrons. The topological polar surface area (TPSA) is 29.3 Å². The maximum Gasteiger partial charge on any atom is 0.0557 e. The number of hydrogen-bond acceptors (Lipinski definition) is 3. The molecule has 1 heterocycles. The van der Waals surface area contributed by atoms with E-state index < -0.39 is 0 Å². The summed E-state index contributed by atoms with van der Waals surface area (Å²) >= 11 is 1.94. The fraction of sp³-hybridized carbons (Fsp3) is 0.333. The van der Waals surface area contributed by atoms with Crippen LogP contribution in [0, 0.1) is 0 Å². The fourth-order valence-corrected chi connectivity index (χ4v) is 2.31. The molecule has 0 saturated carbocycles. The molecule has 2 nitrogen and oxygen atoms in total. The number of hydrazine groups is 1. The number of nitrogens with zero attached hydrogens (tertiary/aromatic N) is 1. The minimum atomic E-state index is 0.946. The third-order valence-electron chi connectivity index (χ3n) is 2.04. The Morgan fingerprint density at radius 2 is 2.17 bits per heavy atom. The second kappa shape index (κ2) is 3.37. The smallest absolute Gasteiger partial charge is 0.0557 e. The molecule has 1 aromatic carbocycles. The van der Waals surface area contributed by atoms with Crippen molar-refractivity contribution in [2.75, 3.05) is 17.3 Å². The molecule has 2 N–H and O–H groups in total. The molecule has 0 bridgehead atoms. The summed E-state index contributed by atoms with van der Waals surface area (Å²) in [6.45, 7) is 0.946. The lowest BCUT2D eigenvalue weighted by atomic mass is 10.2. The van der Waals surface area contributed by atoms with Gasteiger partial charge in [-0.2, -0.15) is 11.8 Å². The molecular weight excluding hydrogens is 168 g/mol. The normalized spacial score (nSPS) is 16.9. The Kier molecular flexibility index (Phi) is 2.23. The van der Waals surface area contributed by atoms with E-state index in [1.165, 1.54) is 11.3 Å². The molecule has 1 aromatic rings. The lowest BCUT2D eigenvalue weighted by Gasteiger charge is -2.17. The highest BCUT2D eigenvalue weighted by molar-refractivity contribution is 7.98. The lowest BCUT2D eigenvalue weighted by Crippen LogP contribution is -2.32. The van der Waals surface area contributed by atoms with Crippen molar-refractivity contribution in [3.05, 3.63) is 29.8 Å². The van der Waals surface area contributed by atoms with Crippen LogP contribution in [-0.2, 0) is 5.75 Å². The number of para-hydroxylation sites is 1. The first-order valence-electron chi connectivity index (χ1n) is 4.06. The first kappa shape index (κ1) is 7.95. The van der Waals surface area contributed by atoms with Crippen LogP contribution in [-0.4, -0.2) is 12.3 Å². The number of benzene rings is 1. The highest BCUT2D eigenvalue weighted by Gasteiger charge is 2.10. The number of hydrogen-bond donors (Lipinski definition) is 1. The summed E-state index contributed by atoms with van der Waals surface area (Å²) < 4.78 is 0. The predicted molar refractivity (Wildman–Crippen MR) is 54.1 cm³/mol. The Morgan fingerprint density at radius 3 is 3.08 bits per heavy atom. The standard InChI is InChI=1S/C9H12N2S/c10-11-5-6-12-7-8-3-1-2-4-9(8)11/h1-4H,5-7,10H2. The summed E-state index contributed by atoms with van der Waals surface area (Å²) in [6, 6.07) is 8.34. The van der Waals surface area contributed by atoms with Gasteiger partial charge in [-0.15, -0.1) is 0 Å². The zero-order chi connectivity index (χ0) is 8.39. The van der Waals surface area contributed by atoms with Crippen molar-refractivity contribution in [2.24, 2.45) is 5.84 Å². The molecule has 1 aliphatic heterocycles. The van der Waals surface area contributed by atoms with Gasteiger partial charge >= 0.3 is 0 Å². The van der Waals surface area contributed by atoms with Crippen LogP contribution in [0.25, 0.3) is 0 Å². The second-order valence-electron chi connectivity index (χ2n) is 2.87. The summed E-state index contributed by atoms with van der Waals surface area (Å²) in [5, 5.41) is 1.84. The number of rotatable bonds is 0. The maximum absolute atomic E-state index is 5.87. The van der Waals surface area contributed by atoms with Crippen LogP contribution in [0.3, 0.4) is 0 Å². The average Bonchev–Trinajstić information content (AvgIpc) is 2.29. The third-order valence-corrected chi connectivity index (χ3v) is 3.02. The van der Waals surface area contributed by atoms with E-state index in [2.05, 4.69) is 18.2 Å². The number of nitrogens with two attached hydrogens (primary N) is 1. The van der Waals surface area contributed by atoms with E-state index in [1.54, 1.807) is 0 Å². The van der Waals surface area contributed by atoms with Gasteiger partial charge in [-0.3, -0.25) is 0 Å². The molecular formula is C9H12N2S. The van der Waals surface area contributed by atoms with Crippen LogP contribution in [0.4, 0.5) is 5.69 Å². The van der Waals surface area contributed by atoms with Gasteiger partial charge in [-0.1, -0.05) is 18.2 Å². The molecule has 0 aromatic heterocycles. The van der Waals surface area contributed by atoms with Gasteiger partial charge in [0.05, 0.1) is 5.69 Å². The summed E-state index contributed by atoms with van der Waals surface area (Å²) in [4.78, 5) is 0. The molecule has 0 amide bonds. The second-order valence-corrected chi connectivity index (χ2v) is 3.98. The number of thioether (sulfide) groups is 1. The molecule has 0 fully saturated rings. The molecule has 0 saturated heterocycles. The van der Waals surface area contributed by atoms with Crippen molar-refractivity contribution >= 4 is 17.4 Å². The van der Waals surface area contributed by atoms with Crippen LogP contribution in [0.5, 0.6) is 0 Å². The predicted octanol–water partition coefficient (Wildman–Crippen LogP) is 1.61. The van der Waals surface area contributed by atoms with Crippen LogP contribution in [0.15, 0.2) is 24.3 Å². The Balaban J connectivity index is 2.39. The van der Waals surface area contributed by atoms with Crippen molar-refractivity contribution in [3.8, 4) is 0 Å². The number of fused-ring (bicyclic) bond motifs is 1. The molecule has 2 rings (SSSR count).